The molecule has 12 heavy (non-hydrogen) atoms. The zero-order valence-electron chi connectivity index (χ0n) is 6.86. The Morgan fingerprint density at radius 2 is 2.58 bits per heavy atom. The van der Waals surface area contributed by atoms with Crippen LogP contribution in [-0.4, -0.2) is 11.9 Å². The first kappa shape index (κ1) is 8.60. The number of hydrogen-bond donors (Lipinski definition) is 0. The van der Waals surface area contributed by atoms with E-state index < -0.39 is 0 Å². The van der Waals surface area contributed by atoms with Crippen molar-refractivity contribution >= 4 is 23.4 Å². The van der Waals surface area contributed by atoms with Gasteiger partial charge < -0.3 is 4.18 Å². The molecule has 0 spiro atoms. The van der Waals surface area contributed by atoms with Crippen molar-refractivity contribution in [3.8, 4) is 0 Å². The van der Waals surface area contributed by atoms with E-state index in [1.807, 2.05) is 11.3 Å². The summed E-state index contributed by atoms with van der Waals surface area (Å²) in [6.45, 7) is 0. The van der Waals surface area contributed by atoms with E-state index in [1.165, 1.54) is 23.5 Å². The van der Waals surface area contributed by atoms with E-state index >= 15 is 0 Å². The van der Waals surface area contributed by atoms with Crippen LogP contribution in [0.4, 0.5) is 0 Å². The molecular formula is C9H12OS2. The van der Waals surface area contributed by atoms with Gasteiger partial charge in [-0.1, -0.05) is 6.07 Å². The van der Waals surface area contributed by atoms with Crippen molar-refractivity contribution in [3.05, 3.63) is 22.4 Å². The van der Waals surface area contributed by atoms with Crippen LogP contribution in [-0.2, 0) is 10.6 Å². The summed E-state index contributed by atoms with van der Waals surface area (Å²) in [6, 6.07) is 4.29. The maximum atomic E-state index is 5.57. The van der Waals surface area contributed by atoms with E-state index in [-0.39, 0.29) is 0 Å². The van der Waals surface area contributed by atoms with Gasteiger partial charge in [-0.25, -0.2) is 0 Å². The monoisotopic (exact) mass is 200 g/mol. The van der Waals surface area contributed by atoms with Crippen LogP contribution >= 0.6 is 23.4 Å². The van der Waals surface area contributed by atoms with Crippen LogP contribution < -0.4 is 0 Å². The maximum absolute atomic E-state index is 5.57. The van der Waals surface area contributed by atoms with Gasteiger partial charge in [-0.3, -0.25) is 0 Å². The normalized spacial score (nSPS) is 24.2. The summed E-state index contributed by atoms with van der Waals surface area (Å²) in [5, 5.41) is 2.13. The summed E-state index contributed by atoms with van der Waals surface area (Å²) in [6.07, 6.45) is 4.10. The molecule has 1 fully saturated rings. The third kappa shape index (κ3) is 2.25. The van der Waals surface area contributed by atoms with E-state index in [0.717, 1.165) is 6.42 Å². The Labute approximate surface area is 81.3 Å². The highest BCUT2D eigenvalue weighted by molar-refractivity contribution is 7.94. The lowest BCUT2D eigenvalue weighted by Gasteiger charge is -2.20. The lowest BCUT2D eigenvalue weighted by Crippen LogP contribution is -2.16. The SMILES string of the molecule is c1csc(CC2CCCSO2)c1. The standard InChI is InChI=1S/C9H12OS2/c1-3-8(10-12-6-1)7-9-4-2-5-11-9/h2,4-5,8H,1,3,6-7H2. The molecule has 0 N–H and O–H groups in total. The Balaban J connectivity index is 1.86. The highest BCUT2D eigenvalue weighted by Crippen LogP contribution is 2.24. The second kappa shape index (κ2) is 4.30. The third-order valence-electron chi connectivity index (χ3n) is 1.97. The molecule has 0 aliphatic carbocycles. The number of hydrogen-bond acceptors (Lipinski definition) is 3. The molecule has 1 aromatic rings. The van der Waals surface area contributed by atoms with Crippen molar-refractivity contribution < 1.29 is 4.18 Å². The minimum atomic E-state index is 0.461. The molecule has 1 nitrogen and oxygen atoms in total. The predicted octanol–water partition coefficient (Wildman–Crippen LogP) is 3.12. The zero-order valence-corrected chi connectivity index (χ0v) is 8.50. The molecule has 0 saturated carbocycles. The molecule has 2 rings (SSSR count). The van der Waals surface area contributed by atoms with Crippen LogP contribution in [0.5, 0.6) is 0 Å². The Bertz CT molecular complexity index is 214. The van der Waals surface area contributed by atoms with Crippen molar-refractivity contribution in [1.82, 2.24) is 0 Å². The third-order valence-corrected chi connectivity index (χ3v) is 3.73. The fraction of sp³-hybridized carbons (Fsp3) is 0.556. The molecule has 0 bridgehead atoms. The molecule has 1 saturated heterocycles. The Morgan fingerprint density at radius 3 is 3.25 bits per heavy atom. The van der Waals surface area contributed by atoms with E-state index in [1.54, 1.807) is 12.0 Å². The second-order valence-corrected chi connectivity index (χ2v) is 4.83. The van der Waals surface area contributed by atoms with E-state index in [9.17, 15) is 0 Å². The first-order chi connectivity index (χ1) is 5.95. The van der Waals surface area contributed by atoms with Crippen molar-refractivity contribution in [2.75, 3.05) is 5.75 Å². The molecule has 0 radical (unpaired) electrons. The lowest BCUT2D eigenvalue weighted by molar-refractivity contribution is 0.216. The fourth-order valence-electron chi connectivity index (χ4n) is 1.35. The van der Waals surface area contributed by atoms with Gasteiger partial charge in [-0.2, -0.15) is 0 Å². The number of rotatable bonds is 2. The first-order valence-electron chi connectivity index (χ1n) is 4.26. The van der Waals surface area contributed by atoms with Crippen LogP contribution in [0, 0.1) is 0 Å². The Hall–Kier alpha value is 0.01000. The van der Waals surface area contributed by atoms with Crippen LogP contribution in [0.25, 0.3) is 0 Å². The minimum Gasteiger partial charge on any atom is -0.312 e. The summed E-state index contributed by atoms with van der Waals surface area (Å²) in [7, 11) is 0. The van der Waals surface area contributed by atoms with Gasteiger partial charge in [-0.15, -0.1) is 11.3 Å². The van der Waals surface area contributed by atoms with E-state index in [2.05, 4.69) is 17.5 Å². The van der Waals surface area contributed by atoms with E-state index in [0.29, 0.717) is 6.10 Å². The van der Waals surface area contributed by atoms with Gasteiger partial charge in [0.25, 0.3) is 0 Å². The lowest BCUT2D eigenvalue weighted by atomic mass is 10.1. The van der Waals surface area contributed by atoms with Gasteiger partial charge in [-0.05, 0) is 36.3 Å². The summed E-state index contributed by atoms with van der Waals surface area (Å²) in [5.41, 5.74) is 0. The van der Waals surface area contributed by atoms with Gasteiger partial charge in [0.2, 0.25) is 0 Å². The van der Waals surface area contributed by atoms with Gasteiger partial charge in [0.15, 0.2) is 0 Å². The fourth-order valence-corrected chi connectivity index (χ4v) is 2.86. The van der Waals surface area contributed by atoms with Crippen LogP contribution in [0.1, 0.15) is 17.7 Å². The van der Waals surface area contributed by atoms with Gasteiger partial charge in [0, 0.05) is 17.1 Å². The van der Waals surface area contributed by atoms with Crippen LogP contribution in [0.2, 0.25) is 0 Å². The topological polar surface area (TPSA) is 9.23 Å². The Kier molecular flexibility index (Phi) is 3.08. The Morgan fingerprint density at radius 1 is 1.58 bits per heavy atom. The average Bonchev–Trinajstić information content (AvgIpc) is 2.59. The highest BCUT2D eigenvalue weighted by atomic mass is 32.2. The number of thiophene rings is 1. The summed E-state index contributed by atoms with van der Waals surface area (Å²) >= 11 is 3.46. The van der Waals surface area contributed by atoms with Gasteiger partial charge in [0.1, 0.15) is 0 Å². The molecule has 0 amide bonds. The molecule has 1 aliphatic heterocycles. The highest BCUT2D eigenvalue weighted by Gasteiger charge is 2.15. The van der Waals surface area contributed by atoms with Gasteiger partial charge in [0.05, 0.1) is 6.10 Å². The molecule has 66 valence electrons. The summed E-state index contributed by atoms with van der Waals surface area (Å²) in [5.74, 6) is 1.17. The van der Waals surface area contributed by atoms with Crippen LogP contribution in [0.15, 0.2) is 17.5 Å². The van der Waals surface area contributed by atoms with Gasteiger partial charge >= 0.3 is 0 Å². The molecule has 1 aromatic heterocycles. The van der Waals surface area contributed by atoms with Crippen molar-refractivity contribution in [2.45, 2.75) is 25.4 Å². The van der Waals surface area contributed by atoms with Crippen molar-refractivity contribution in [1.29, 1.82) is 0 Å². The smallest absolute Gasteiger partial charge is 0.0770 e. The van der Waals surface area contributed by atoms with Crippen molar-refractivity contribution in [2.24, 2.45) is 0 Å². The molecule has 1 unspecified atom stereocenters. The summed E-state index contributed by atoms with van der Waals surface area (Å²) < 4.78 is 5.57. The zero-order chi connectivity index (χ0) is 8.23. The average molecular weight is 200 g/mol. The van der Waals surface area contributed by atoms with Crippen molar-refractivity contribution in [3.63, 3.8) is 0 Å². The molecule has 3 heteroatoms. The largest absolute Gasteiger partial charge is 0.312 e. The maximum Gasteiger partial charge on any atom is 0.0770 e. The molecular weight excluding hydrogens is 188 g/mol. The minimum absolute atomic E-state index is 0.461. The first-order valence-corrected chi connectivity index (χ1v) is 6.05. The predicted molar refractivity (Wildman–Crippen MR) is 54.6 cm³/mol. The molecule has 0 aromatic carbocycles. The summed E-state index contributed by atoms with van der Waals surface area (Å²) in [4.78, 5) is 1.45. The molecule has 1 atom stereocenters. The van der Waals surface area contributed by atoms with E-state index in [4.69, 9.17) is 4.18 Å². The quantitative estimate of drug-likeness (QED) is 0.678. The second-order valence-electron chi connectivity index (χ2n) is 2.97. The molecule has 2 heterocycles. The van der Waals surface area contributed by atoms with Crippen LogP contribution in [0.3, 0.4) is 0 Å². The molecule has 1 aliphatic rings.